The van der Waals surface area contributed by atoms with Gasteiger partial charge in [0.2, 0.25) is 17.7 Å². The first kappa shape index (κ1) is 28.5. The van der Waals surface area contributed by atoms with Crippen LogP contribution in [0.3, 0.4) is 0 Å². The Balaban J connectivity index is 1.50. The Morgan fingerprint density at radius 1 is 0.976 bits per heavy atom. The third kappa shape index (κ3) is 5.58. The summed E-state index contributed by atoms with van der Waals surface area (Å²) in [5.41, 5.74) is 5.51. The average molecular weight is 620 g/mol. The van der Waals surface area contributed by atoms with Gasteiger partial charge in [0.15, 0.2) is 0 Å². The van der Waals surface area contributed by atoms with Crippen molar-refractivity contribution in [3.05, 3.63) is 87.1 Å². The van der Waals surface area contributed by atoms with Gasteiger partial charge in [-0.2, -0.15) is 16.4 Å². The van der Waals surface area contributed by atoms with Gasteiger partial charge in [-0.15, -0.1) is 11.8 Å². The molecule has 6 rings (SSSR count). The molecule has 0 saturated carbocycles. The Bertz CT molecular complexity index is 1610. The highest BCUT2D eigenvalue weighted by Gasteiger charge is 2.38. The number of benzene rings is 2. The van der Waals surface area contributed by atoms with Crippen LogP contribution in [0.4, 0.5) is 5.82 Å². The summed E-state index contributed by atoms with van der Waals surface area (Å²) in [7, 11) is 0. The fraction of sp³-hybridized carbons (Fsp3) is 0.290. The van der Waals surface area contributed by atoms with Crippen LogP contribution in [0, 0.1) is 6.92 Å². The van der Waals surface area contributed by atoms with Crippen LogP contribution in [0.1, 0.15) is 28.9 Å². The van der Waals surface area contributed by atoms with E-state index in [2.05, 4.69) is 11.4 Å². The van der Waals surface area contributed by atoms with Gasteiger partial charge >= 0.3 is 0 Å². The molecular formula is C31H30ClN5O3S2. The highest BCUT2D eigenvalue weighted by molar-refractivity contribution is 8.00. The summed E-state index contributed by atoms with van der Waals surface area (Å²) in [6.45, 7) is 5.30. The number of rotatable bonds is 5. The Hall–Kier alpha value is -3.60. The number of piperazine rings is 1. The number of anilines is 1. The summed E-state index contributed by atoms with van der Waals surface area (Å²) < 4.78 is 1.81. The highest BCUT2D eigenvalue weighted by atomic mass is 35.5. The SMILES string of the molecule is CC(=O)N1CCN(C(=O)CN2C(=O)CS[C@@H](c3ccsc3)c3c(-c4ccc(Cl)cc4)nn(-c4ccc(C)cc4)c32)CC1. The normalized spacial score (nSPS) is 17.3. The number of hydrogen-bond donors (Lipinski definition) is 0. The molecule has 0 N–H and O–H groups in total. The van der Waals surface area contributed by atoms with Crippen LogP contribution in [0.15, 0.2) is 65.4 Å². The van der Waals surface area contributed by atoms with E-state index in [4.69, 9.17) is 16.7 Å². The van der Waals surface area contributed by atoms with E-state index in [1.807, 2.05) is 65.5 Å². The minimum atomic E-state index is -0.167. The van der Waals surface area contributed by atoms with E-state index in [9.17, 15) is 14.4 Å². The van der Waals surface area contributed by atoms with Crippen LogP contribution in [-0.4, -0.2) is 75.8 Å². The molecule has 1 atom stereocenters. The molecule has 2 aromatic carbocycles. The fourth-order valence-corrected chi connectivity index (χ4v) is 7.49. The first-order valence-corrected chi connectivity index (χ1v) is 16.1. The Kier molecular flexibility index (Phi) is 8.11. The van der Waals surface area contributed by atoms with Gasteiger partial charge in [0.05, 0.1) is 22.4 Å². The van der Waals surface area contributed by atoms with Crippen LogP contribution < -0.4 is 4.90 Å². The van der Waals surface area contributed by atoms with Crippen LogP contribution in [0.2, 0.25) is 5.02 Å². The van der Waals surface area contributed by atoms with Gasteiger partial charge in [-0.05, 0) is 53.6 Å². The van der Waals surface area contributed by atoms with E-state index >= 15 is 0 Å². The average Bonchev–Trinajstić information content (AvgIpc) is 3.63. The number of halogens is 1. The van der Waals surface area contributed by atoms with E-state index < -0.39 is 0 Å². The lowest BCUT2D eigenvalue weighted by atomic mass is 10.0. The second kappa shape index (κ2) is 11.9. The lowest BCUT2D eigenvalue weighted by Gasteiger charge is -2.35. The minimum Gasteiger partial charge on any atom is -0.339 e. The molecule has 216 valence electrons. The number of amides is 3. The summed E-state index contributed by atoms with van der Waals surface area (Å²) in [6.07, 6.45) is 0. The van der Waals surface area contributed by atoms with Crippen molar-refractivity contribution >= 4 is 58.2 Å². The number of carbonyl (C=O) groups is 3. The van der Waals surface area contributed by atoms with Gasteiger partial charge in [-0.3, -0.25) is 19.3 Å². The van der Waals surface area contributed by atoms with Crippen molar-refractivity contribution in [1.82, 2.24) is 19.6 Å². The summed E-state index contributed by atoms with van der Waals surface area (Å²) in [5.74, 6) is 0.523. The number of thioether (sulfide) groups is 1. The molecule has 0 unspecified atom stereocenters. The van der Waals surface area contributed by atoms with Crippen molar-refractivity contribution in [1.29, 1.82) is 0 Å². The van der Waals surface area contributed by atoms with E-state index in [0.717, 1.165) is 33.6 Å². The zero-order valence-electron chi connectivity index (χ0n) is 23.3. The molecule has 0 aliphatic carbocycles. The standard InChI is InChI=1S/C31H30ClN5O3S2/c1-20-3-9-25(10-4-20)37-31-28(29(33-37)22-5-7-24(32)8-6-22)30(23-11-16-41-18-23)42-19-27(40)36(31)17-26(39)35-14-12-34(13-15-35)21(2)38/h3-11,16,18,30H,12-15,17,19H2,1-2H3/t30-/m0/s1. The predicted molar refractivity (Wildman–Crippen MR) is 169 cm³/mol. The number of thiophene rings is 1. The number of fused-ring (bicyclic) bond motifs is 1. The second-order valence-corrected chi connectivity index (χ2v) is 12.8. The molecule has 11 heteroatoms. The lowest BCUT2D eigenvalue weighted by Crippen LogP contribution is -2.53. The van der Waals surface area contributed by atoms with Gasteiger partial charge in [-0.1, -0.05) is 41.4 Å². The molecule has 4 aromatic rings. The summed E-state index contributed by atoms with van der Waals surface area (Å²) in [6, 6.07) is 17.6. The number of aromatic nitrogens is 2. The van der Waals surface area contributed by atoms with E-state index in [0.29, 0.717) is 37.0 Å². The predicted octanol–water partition coefficient (Wildman–Crippen LogP) is 5.42. The maximum Gasteiger partial charge on any atom is 0.242 e. The quantitative estimate of drug-likeness (QED) is 0.298. The molecule has 0 spiro atoms. The molecule has 8 nitrogen and oxygen atoms in total. The Labute approximate surface area is 257 Å². The third-order valence-electron chi connectivity index (χ3n) is 7.70. The monoisotopic (exact) mass is 619 g/mol. The molecule has 0 radical (unpaired) electrons. The third-order valence-corrected chi connectivity index (χ3v) is 9.91. The van der Waals surface area contributed by atoms with Crippen LogP contribution in [0.5, 0.6) is 0 Å². The molecule has 3 amide bonds. The van der Waals surface area contributed by atoms with E-state index in [1.165, 1.54) is 0 Å². The first-order chi connectivity index (χ1) is 20.3. The topological polar surface area (TPSA) is 78.8 Å². The molecule has 42 heavy (non-hydrogen) atoms. The van der Waals surface area contributed by atoms with E-state index in [-0.39, 0.29) is 35.3 Å². The molecule has 2 aliphatic rings. The van der Waals surface area contributed by atoms with Gasteiger partial charge in [0.1, 0.15) is 12.4 Å². The zero-order valence-corrected chi connectivity index (χ0v) is 25.7. The highest BCUT2D eigenvalue weighted by Crippen LogP contribution is 2.49. The summed E-state index contributed by atoms with van der Waals surface area (Å²) >= 11 is 9.41. The maximum atomic E-state index is 13.9. The second-order valence-electron chi connectivity index (χ2n) is 10.5. The van der Waals surface area contributed by atoms with Crippen LogP contribution in [0.25, 0.3) is 16.9 Å². The van der Waals surface area contributed by atoms with Crippen molar-refractivity contribution in [2.75, 3.05) is 43.4 Å². The van der Waals surface area contributed by atoms with Crippen molar-refractivity contribution in [3.63, 3.8) is 0 Å². The maximum absolute atomic E-state index is 13.9. The molecule has 2 aliphatic heterocycles. The fourth-order valence-electron chi connectivity index (χ4n) is 5.40. The summed E-state index contributed by atoms with van der Waals surface area (Å²) in [4.78, 5) is 44.5. The molecule has 1 fully saturated rings. The summed E-state index contributed by atoms with van der Waals surface area (Å²) in [5, 5.41) is 9.73. The molecule has 4 heterocycles. The number of hydrogen-bond acceptors (Lipinski definition) is 6. The Morgan fingerprint density at radius 3 is 2.31 bits per heavy atom. The van der Waals surface area contributed by atoms with Crippen molar-refractivity contribution in [2.24, 2.45) is 0 Å². The zero-order chi connectivity index (χ0) is 29.4. The van der Waals surface area contributed by atoms with Crippen molar-refractivity contribution in [3.8, 4) is 16.9 Å². The molecule has 0 bridgehead atoms. The van der Waals surface area contributed by atoms with Gasteiger partial charge in [0.25, 0.3) is 0 Å². The molecule has 2 aromatic heterocycles. The number of nitrogens with zero attached hydrogens (tertiary/aromatic N) is 5. The van der Waals surface area contributed by atoms with E-state index in [1.54, 1.807) is 44.7 Å². The van der Waals surface area contributed by atoms with Gasteiger partial charge in [0, 0.05) is 49.3 Å². The lowest BCUT2D eigenvalue weighted by molar-refractivity contribution is -0.137. The smallest absolute Gasteiger partial charge is 0.242 e. The van der Waals surface area contributed by atoms with Gasteiger partial charge < -0.3 is 9.80 Å². The Morgan fingerprint density at radius 2 is 1.67 bits per heavy atom. The van der Waals surface area contributed by atoms with Crippen LogP contribution in [-0.2, 0) is 14.4 Å². The van der Waals surface area contributed by atoms with Gasteiger partial charge in [-0.25, -0.2) is 4.68 Å². The van der Waals surface area contributed by atoms with Crippen molar-refractivity contribution in [2.45, 2.75) is 19.1 Å². The molecule has 1 saturated heterocycles. The number of aryl methyl sites for hydroxylation is 1. The van der Waals surface area contributed by atoms with Crippen molar-refractivity contribution < 1.29 is 14.4 Å². The first-order valence-electron chi connectivity index (χ1n) is 13.7. The minimum absolute atomic E-state index is 0.00246. The molecular weight excluding hydrogens is 590 g/mol. The largest absolute Gasteiger partial charge is 0.339 e. The number of carbonyl (C=O) groups excluding carboxylic acids is 3. The van der Waals surface area contributed by atoms with Crippen LogP contribution >= 0.6 is 34.7 Å².